The van der Waals surface area contributed by atoms with E-state index in [0.29, 0.717) is 0 Å². The van der Waals surface area contributed by atoms with Crippen LogP contribution in [-0.4, -0.2) is 51.8 Å². The van der Waals surface area contributed by atoms with E-state index in [-0.39, 0.29) is 24.3 Å². The van der Waals surface area contributed by atoms with Crippen LogP contribution in [0.4, 0.5) is 0 Å². The van der Waals surface area contributed by atoms with Crippen LogP contribution >= 0.6 is 0 Å². The smallest absolute Gasteiger partial charge is 0.334 e. The minimum atomic E-state index is -2.23. The predicted molar refractivity (Wildman–Crippen MR) is 96.4 cm³/mol. The van der Waals surface area contributed by atoms with Crippen LogP contribution in [0.1, 0.15) is 40.5 Å². The fourth-order valence-electron chi connectivity index (χ4n) is 3.78. The second kappa shape index (κ2) is 7.94. The average molecular weight is 380 g/mol. The summed E-state index contributed by atoms with van der Waals surface area (Å²) < 4.78 is 10.9. The van der Waals surface area contributed by atoms with E-state index < -0.39 is 53.5 Å². The maximum absolute atomic E-state index is 12.8. The highest BCUT2D eigenvalue weighted by atomic mass is 16.6. The lowest BCUT2D eigenvalue weighted by molar-refractivity contribution is -0.198. The first-order valence-electron chi connectivity index (χ1n) is 9.20. The Morgan fingerprint density at radius 3 is 2.63 bits per heavy atom. The summed E-state index contributed by atoms with van der Waals surface area (Å²) in [4.78, 5) is 37.2. The molecule has 2 N–H and O–H groups in total. The van der Waals surface area contributed by atoms with Crippen molar-refractivity contribution in [3.8, 4) is 0 Å². The lowest BCUT2D eigenvalue weighted by Crippen LogP contribution is -2.61. The molecular weight excluding hydrogens is 352 g/mol. The molecule has 150 valence electrons. The molecule has 1 heterocycles. The number of hydrogen-bond donors (Lipinski definition) is 2. The number of carbonyl (C=O) groups excluding carboxylic acids is 3. The standard InChI is InChI=1S/C20H28O7/c1-6-7-15(22)20(25)12(5)14(21)9-13-11(4)19(24)27-17(13)18(20)26-16(23)8-10(2)3/h6-7,10,12-14,17-18,21,25H,4,8-9H2,1-3,5H3/b7-6-/t12-,13-,14+,17+,18-,20+/m0/s1. The van der Waals surface area contributed by atoms with Crippen molar-refractivity contribution in [1.82, 2.24) is 0 Å². The zero-order valence-corrected chi connectivity index (χ0v) is 16.2. The van der Waals surface area contributed by atoms with Crippen molar-refractivity contribution in [1.29, 1.82) is 0 Å². The first kappa shape index (κ1) is 21.3. The number of aliphatic hydroxyl groups excluding tert-OH is 1. The Kier molecular flexibility index (Phi) is 6.27. The van der Waals surface area contributed by atoms with Gasteiger partial charge >= 0.3 is 11.9 Å². The molecule has 0 radical (unpaired) electrons. The Morgan fingerprint density at radius 1 is 1.44 bits per heavy atom. The van der Waals surface area contributed by atoms with Gasteiger partial charge in [-0.1, -0.05) is 33.4 Å². The van der Waals surface area contributed by atoms with Crippen molar-refractivity contribution in [2.75, 3.05) is 0 Å². The Bertz CT molecular complexity index is 665. The van der Waals surface area contributed by atoms with Crippen LogP contribution in [0.5, 0.6) is 0 Å². The van der Waals surface area contributed by atoms with Gasteiger partial charge in [0.1, 0.15) is 6.10 Å². The van der Waals surface area contributed by atoms with Gasteiger partial charge in [-0.2, -0.15) is 0 Å². The Morgan fingerprint density at radius 2 is 2.07 bits per heavy atom. The third-order valence-corrected chi connectivity index (χ3v) is 5.39. The largest absolute Gasteiger partial charge is 0.455 e. The van der Waals surface area contributed by atoms with Crippen molar-refractivity contribution in [2.45, 2.75) is 64.4 Å². The molecule has 1 aliphatic heterocycles. The maximum atomic E-state index is 12.8. The predicted octanol–water partition coefficient (Wildman–Crippen LogP) is 1.32. The van der Waals surface area contributed by atoms with E-state index in [2.05, 4.69) is 6.58 Å². The summed E-state index contributed by atoms with van der Waals surface area (Å²) in [6, 6.07) is 0. The molecule has 0 bridgehead atoms. The molecule has 0 unspecified atom stereocenters. The van der Waals surface area contributed by atoms with Gasteiger partial charge in [-0.15, -0.1) is 0 Å². The fourth-order valence-corrected chi connectivity index (χ4v) is 3.78. The Labute approximate surface area is 159 Å². The molecule has 1 saturated heterocycles. The molecule has 7 nitrogen and oxygen atoms in total. The molecule has 2 rings (SSSR count). The fraction of sp³-hybridized carbons (Fsp3) is 0.650. The summed E-state index contributed by atoms with van der Waals surface area (Å²) in [5.41, 5.74) is -2.10. The van der Waals surface area contributed by atoms with Crippen molar-refractivity contribution < 1.29 is 34.1 Å². The van der Waals surface area contributed by atoms with Gasteiger partial charge in [0.25, 0.3) is 0 Å². The quantitative estimate of drug-likeness (QED) is 0.547. The number of fused-ring (bicyclic) bond motifs is 1. The number of ether oxygens (including phenoxy) is 2. The number of rotatable bonds is 5. The van der Waals surface area contributed by atoms with Crippen LogP contribution < -0.4 is 0 Å². The molecular formula is C20H28O7. The zero-order chi connectivity index (χ0) is 20.5. The Balaban J connectivity index is 2.54. The number of aliphatic hydroxyl groups is 2. The topological polar surface area (TPSA) is 110 Å². The molecule has 0 amide bonds. The normalized spacial score (nSPS) is 36.5. The van der Waals surface area contributed by atoms with E-state index in [4.69, 9.17) is 9.47 Å². The number of hydrogen-bond acceptors (Lipinski definition) is 7. The second-order valence-electron chi connectivity index (χ2n) is 7.79. The summed E-state index contributed by atoms with van der Waals surface area (Å²) in [7, 11) is 0. The van der Waals surface area contributed by atoms with Crippen LogP contribution in [0.2, 0.25) is 0 Å². The number of esters is 2. The highest BCUT2D eigenvalue weighted by molar-refractivity contribution is 5.98. The molecule has 27 heavy (non-hydrogen) atoms. The van der Waals surface area contributed by atoms with Gasteiger partial charge in [0.15, 0.2) is 17.5 Å². The third kappa shape index (κ3) is 3.84. The minimum Gasteiger partial charge on any atom is -0.455 e. The van der Waals surface area contributed by atoms with Gasteiger partial charge < -0.3 is 19.7 Å². The molecule has 1 saturated carbocycles. The van der Waals surface area contributed by atoms with Crippen molar-refractivity contribution >= 4 is 17.7 Å². The van der Waals surface area contributed by atoms with Gasteiger partial charge in [0.2, 0.25) is 0 Å². The number of ketones is 1. The third-order valence-electron chi connectivity index (χ3n) is 5.39. The average Bonchev–Trinajstić information content (AvgIpc) is 2.82. The van der Waals surface area contributed by atoms with Crippen molar-refractivity contribution in [2.24, 2.45) is 17.8 Å². The van der Waals surface area contributed by atoms with Crippen LogP contribution in [0.3, 0.4) is 0 Å². The van der Waals surface area contributed by atoms with Crippen molar-refractivity contribution in [3.63, 3.8) is 0 Å². The number of allylic oxidation sites excluding steroid dienone is 1. The maximum Gasteiger partial charge on any atom is 0.334 e. The van der Waals surface area contributed by atoms with Crippen LogP contribution in [0.15, 0.2) is 24.3 Å². The second-order valence-corrected chi connectivity index (χ2v) is 7.79. The van der Waals surface area contributed by atoms with E-state index in [9.17, 15) is 24.6 Å². The van der Waals surface area contributed by atoms with E-state index in [1.807, 2.05) is 13.8 Å². The first-order chi connectivity index (χ1) is 12.5. The summed E-state index contributed by atoms with van der Waals surface area (Å²) in [6.07, 6.45) is -0.870. The van der Waals surface area contributed by atoms with Crippen LogP contribution in [-0.2, 0) is 23.9 Å². The van der Waals surface area contributed by atoms with Gasteiger partial charge in [0, 0.05) is 23.8 Å². The molecule has 0 aromatic carbocycles. The molecule has 2 fully saturated rings. The van der Waals surface area contributed by atoms with E-state index in [0.717, 1.165) is 0 Å². The van der Waals surface area contributed by atoms with Crippen molar-refractivity contribution in [3.05, 3.63) is 24.3 Å². The first-order valence-corrected chi connectivity index (χ1v) is 9.20. The number of carbonyl (C=O) groups is 3. The van der Waals surface area contributed by atoms with E-state index >= 15 is 0 Å². The lowest BCUT2D eigenvalue weighted by Gasteiger charge is -2.39. The molecule has 6 atom stereocenters. The van der Waals surface area contributed by atoms with Gasteiger partial charge in [-0.3, -0.25) is 9.59 Å². The van der Waals surface area contributed by atoms with Gasteiger partial charge in [-0.25, -0.2) is 4.79 Å². The van der Waals surface area contributed by atoms with Gasteiger partial charge in [-0.05, 0) is 25.3 Å². The highest BCUT2D eigenvalue weighted by Crippen LogP contribution is 2.45. The van der Waals surface area contributed by atoms with E-state index in [1.165, 1.54) is 19.1 Å². The summed E-state index contributed by atoms with van der Waals surface area (Å²) >= 11 is 0. The summed E-state index contributed by atoms with van der Waals surface area (Å²) in [5, 5.41) is 22.0. The molecule has 2 aliphatic rings. The SMILES string of the molecule is C=C1C(=O)O[C@@H]2[C@H]1C[C@@H](O)[C@H](C)[C@@](O)(C(=O)/C=C\C)[C@H]2OC(=O)CC(C)C. The lowest BCUT2D eigenvalue weighted by atomic mass is 9.77. The Hall–Kier alpha value is -1.99. The van der Waals surface area contributed by atoms with Crippen LogP contribution in [0, 0.1) is 17.8 Å². The molecule has 7 heteroatoms. The van der Waals surface area contributed by atoms with E-state index in [1.54, 1.807) is 6.92 Å². The molecule has 0 aromatic rings. The highest BCUT2D eigenvalue weighted by Gasteiger charge is 2.62. The zero-order valence-electron chi connectivity index (χ0n) is 16.2. The summed E-state index contributed by atoms with van der Waals surface area (Å²) in [5.74, 6) is -3.61. The van der Waals surface area contributed by atoms with Crippen LogP contribution in [0.25, 0.3) is 0 Å². The van der Waals surface area contributed by atoms with Gasteiger partial charge in [0.05, 0.1) is 6.10 Å². The summed E-state index contributed by atoms with van der Waals surface area (Å²) in [6.45, 7) is 10.5. The molecule has 1 aliphatic carbocycles. The minimum absolute atomic E-state index is 0.00233. The molecule has 0 spiro atoms. The molecule has 0 aromatic heterocycles. The monoisotopic (exact) mass is 380 g/mol.